The predicted molar refractivity (Wildman–Crippen MR) is 65.0 cm³/mol. The largest absolute Gasteiger partial charge is 0.493 e. The molecule has 0 aliphatic heterocycles. The third kappa shape index (κ3) is 3.81. The van der Waals surface area contributed by atoms with Crippen LogP contribution in [0, 0.1) is 0 Å². The van der Waals surface area contributed by atoms with E-state index in [9.17, 15) is 4.79 Å². The van der Waals surface area contributed by atoms with Gasteiger partial charge in [-0.2, -0.15) is 0 Å². The number of hydrogen-bond donors (Lipinski definition) is 1. The lowest BCUT2D eigenvalue weighted by atomic mass is 10.3. The van der Waals surface area contributed by atoms with Crippen LogP contribution in [0.2, 0.25) is 0 Å². The van der Waals surface area contributed by atoms with Crippen LogP contribution in [-0.2, 0) is 4.79 Å². The first-order chi connectivity index (χ1) is 8.08. The van der Waals surface area contributed by atoms with Gasteiger partial charge in [0.25, 0.3) is 0 Å². The van der Waals surface area contributed by atoms with E-state index in [1.54, 1.807) is 12.1 Å². The molecule has 0 radical (unpaired) electrons. The van der Waals surface area contributed by atoms with Gasteiger partial charge in [0, 0.05) is 4.47 Å². The van der Waals surface area contributed by atoms with Gasteiger partial charge in [-0.1, -0.05) is 15.9 Å². The van der Waals surface area contributed by atoms with Crippen molar-refractivity contribution in [3.63, 3.8) is 0 Å². The summed E-state index contributed by atoms with van der Waals surface area (Å²) >= 11 is 3.28. The quantitative estimate of drug-likeness (QED) is 0.874. The normalized spacial score (nSPS) is 9.82. The lowest BCUT2D eigenvalue weighted by Gasteiger charge is -2.14. The monoisotopic (exact) mass is 304 g/mol. The fraction of sp³-hybridized carbons (Fsp3) is 0.364. The van der Waals surface area contributed by atoms with Gasteiger partial charge in [-0.15, -0.1) is 0 Å². The predicted octanol–water partition coefficient (Wildman–Crippen LogP) is 2.32. The first-order valence-electron chi connectivity index (χ1n) is 4.93. The number of hydrogen-bond acceptors (Lipinski definition) is 4. The van der Waals surface area contributed by atoms with Crippen LogP contribution in [-0.4, -0.2) is 31.4 Å². The van der Waals surface area contributed by atoms with Crippen molar-refractivity contribution in [2.24, 2.45) is 0 Å². The van der Waals surface area contributed by atoms with E-state index in [1.165, 1.54) is 7.11 Å². The van der Waals surface area contributed by atoms with Crippen molar-refractivity contribution >= 4 is 21.9 Å². The Hall–Kier alpha value is -1.43. The molecule has 0 saturated heterocycles. The van der Waals surface area contributed by atoms with Crippen LogP contribution < -0.4 is 14.2 Å². The molecule has 1 aromatic rings. The van der Waals surface area contributed by atoms with Gasteiger partial charge in [0.1, 0.15) is 0 Å². The second-order valence-electron chi connectivity index (χ2n) is 3.05. The Kier molecular flexibility index (Phi) is 5.09. The maximum Gasteiger partial charge on any atom is 0.341 e. The fourth-order valence-electron chi connectivity index (χ4n) is 1.23. The molecule has 0 unspecified atom stereocenters. The maximum absolute atomic E-state index is 10.5. The van der Waals surface area contributed by atoms with Gasteiger partial charge in [0.15, 0.2) is 18.1 Å². The minimum atomic E-state index is -1.05. The number of aliphatic carboxylic acids is 1. The average Bonchev–Trinajstić information content (AvgIpc) is 2.28. The van der Waals surface area contributed by atoms with Crippen molar-refractivity contribution in [1.29, 1.82) is 0 Å². The number of rotatable bonds is 6. The Balaban J connectivity index is 3.06. The van der Waals surface area contributed by atoms with E-state index >= 15 is 0 Å². The highest BCUT2D eigenvalue weighted by Gasteiger charge is 2.14. The molecule has 0 spiro atoms. The molecule has 6 heteroatoms. The molecule has 17 heavy (non-hydrogen) atoms. The van der Waals surface area contributed by atoms with E-state index in [-0.39, 0.29) is 0 Å². The Morgan fingerprint density at radius 3 is 2.53 bits per heavy atom. The molecule has 0 atom stereocenters. The van der Waals surface area contributed by atoms with Gasteiger partial charge in [-0.25, -0.2) is 4.79 Å². The Bertz CT molecular complexity index is 405. The molecule has 0 heterocycles. The first kappa shape index (κ1) is 13.6. The summed E-state index contributed by atoms with van der Waals surface area (Å²) in [5.74, 6) is 0.174. The standard InChI is InChI=1S/C11H13BrO5/c1-3-16-11-8(15-2)4-7(12)5-9(11)17-6-10(13)14/h4-5H,3,6H2,1-2H3,(H,13,14). The van der Waals surface area contributed by atoms with Crippen LogP contribution in [0.4, 0.5) is 0 Å². The van der Waals surface area contributed by atoms with Crippen LogP contribution in [0.15, 0.2) is 16.6 Å². The van der Waals surface area contributed by atoms with Gasteiger partial charge >= 0.3 is 5.97 Å². The van der Waals surface area contributed by atoms with E-state index in [1.807, 2.05) is 6.92 Å². The minimum absolute atomic E-state index is 0.334. The molecule has 5 nitrogen and oxygen atoms in total. The van der Waals surface area contributed by atoms with Crippen molar-refractivity contribution in [3.8, 4) is 17.2 Å². The van der Waals surface area contributed by atoms with E-state index in [2.05, 4.69) is 15.9 Å². The molecular weight excluding hydrogens is 292 g/mol. The highest BCUT2D eigenvalue weighted by atomic mass is 79.9. The molecule has 0 saturated carbocycles. The Morgan fingerprint density at radius 2 is 2.00 bits per heavy atom. The van der Waals surface area contributed by atoms with Crippen LogP contribution >= 0.6 is 15.9 Å². The minimum Gasteiger partial charge on any atom is -0.493 e. The topological polar surface area (TPSA) is 65.0 Å². The Morgan fingerprint density at radius 1 is 1.35 bits per heavy atom. The SMILES string of the molecule is CCOc1c(OC)cc(Br)cc1OCC(=O)O. The van der Waals surface area contributed by atoms with E-state index in [4.69, 9.17) is 19.3 Å². The number of ether oxygens (including phenoxy) is 3. The van der Waals surface area contributed by atoms with Crippen molar-refractivity contribution in [1.82, 2.24) is 0 Å². The van der Waals surface area contributed by atoms with Gasteiger partial charge in [0.05, 0.1) is 13.7 Å². The summed E-state index contributed by atoms with van der Waals surface area (Å²) in [5, 5.41) is 8.58. The molecule has 0 aliphatic rings. The summed E-state index contributed by atoms with van der Waals surface area (Å²) in [6.45, 7) is 1.82. The number of carboxylic acids is 1. The number of carboxylic acid groups (broad SMARTS) is 1. The third-order valence-electron chi connectivity index (χ3n) is 1.85. The molecule has 0 aliphatic carbocycles. The molecule has 1 aromatic carbocycles. The second-order valence-corrected chi connectivity index (χ2v) is 3.97. The summed E-state index contributed by atoms with van der Waals surface area (Å²) < 4.78 is 16.4. The molecule has 0 bridgehead atoms. The highest BCUT2D eigenvalue weighted by Crippen LogP contribution is 2.40. The van der Waals surface area contributed by atoms with Gasteiger partial charge in [-0.05, 0) is 19.1 Å². The summed E-state index contributed by atoms with van der Waals surface area (Å²) in [4.78, 5) is 10.5. The van der Waals surface area contributed by atoms with Crippen LogP contribution in [0.3, 0.4) is 0 Å². The van der Waals surface area contributed by atoms with Crippen molar-refractivity contribution < 1.29 is 24.1 Å². The van der Waals surface area contributed by atoms with E-state index in [0.29, 0.717) is 23.9 Å². The fourth-order valence-corrected chi connectivity index (χ4v) is 1.65. The summed E-state index contributed by atoms with van der Waals surface area (Å²) in [6.07, 6.45) is 0. The number of benzene rings is 1. The summed E-state index contributed by atoms with van der Waals surface area (Å²) in [7, 11) is 1.51. The molecule has 0 amide bonds. The number of methoxy groups -OCH3 is 1. The molecule has 0 aromatic heterocycles. The first-order valence-corrected chi connectivity index (χ1v) is 5.72. The average molecular weight is 305 g/mol. The zero-order valence-electron chi connectivity index (χ0n) is 9.53. The van der Waals surface area contributed by atoms with Gasteiger partial charge in [0.2, 0.25) is 5.75 Å². The smallest absolute Gasteiger partial charge is 0.341 e. The zero-order chi connectivity index (χ0) is 12.8. The molecule has 94 valence electrons. The molecule has 1 rings (SSSR count). The molecular formula is C11H13BrO5. The molecule has 1 N–H and O–H groups in total. The van der Waals surface area contributed by atoms with Crippen molar-refractivity contribution in [2.45, 2.75) is 6.92 Å². The third-order valence-corrected chi connectivity index (χ3v) is 2.30. The number of halogens is 1. The summed E-state index contributed by atoms with van der Waals surface area (Å²) in [5.41, 5.74) is 0. The van der Waals surface area contributed by atoms with Crippen molar-refractivity contribution in [2.75, 3.05) is 20.3 Å². The molecule has 0 fully saturated rings. The highest BCUT2D eigenvalue weighted by molar-refractivity contribution is 9.10. The van der Waals surface area contributed by atoms with Crippen molar-refractivity contribution in [3.05, 3.63) is 16.6 Å². The maximum atomic E-state index is 10.5. The van der Waals surface area contributed by atoms with E-state index < -0.39 is 12.6 Å². The van der Waals surface area contributed by atoms with E-state index in [0.717, 1.165) is 4.47 Å². The van der Waals surface area contributed by atoms with Crippen LogP contribution in [0.1, 0.15) is 6.92 Å². The Labute approximate surface area is 107 Å². The van der Waals surface area contributed by atoms with Gasteiger partial charge < -0.3 is 19.3 Å². The van der Waals surface area contributed by atoms with Crippen LogP contribution in [0.25, 0.3) is 0 Å². The van der Waals surface area contributed by atoms with Crippen LogP contribution in [0.5, 0.6) is 17.2 Å². The number of carbonyl (C=O) groups is 1. The summed E-state index contributed by atoms with van der Waals surface area (Å²) in [6, 6.07) is 3.36. The lowest BCUT2D eigenvalue weighted by molar-refractivity contribution is -0.139. The zero-order valence-corrected chi connectivity index (χ0v) is 11.1. The second kappa shape index (κ2) is 6.34. The lowest BCUT2D eigenvalue weighted by Crippen LogP contribution is -2.10. The van der Waals surface area contributed by atoms with Gasteiger partial charge in [-0.3, -0.25) is 0 Å².